The van der Waals surface area contributed by atoms with Crippen molar-refractivity contribution in [3.63, 3.8) is 0 Å². The van der Waals surface area contributed by atoms with Crippen molar-refractivity contribution >= 4 is 11.6 Å². The highest BCUT2D eigenvalue weighted by Crippen LogP contribution is 2.32. The normalized spacial score (nSPS) is 11.2. The maximum absolute atomic E-state index is 12.5. The fourth-order valence-electron chi connectivity index (χ4n) is 2.29. The molecule has 0 radical (unpaired) electrons. The molecule has 0 atom stereocenters. The van der Waals surface area contributed by atoms with Crippen LogP contribution in [0.15, 0.2) is 36.4 Å². The number of ether oxygens (including phenoxy) is 1. The first-order valence-corrected chi connectivity index (χ1v) is 7.52. The molecule has 0 fully saturated rings. The number of methoxy groups -OCH3 is 1. The fraction of sp³-hybridized carbons (Fsp3) is 0.316. The minimum atomic E-state index is -0.365. The van der Waals surface area contributed by atoms with E-state index in [9.17, 15) is 9.90 Å². The van der Waals surface area contributed by atoms with Crippen molar-refractivity contribution in [2.45, 2.75) is 33.1 Å². The van der Waals surface area contributed by atoms with Gasteiger partial charge in [-0.15, -0.1) is 0 Å². The van der Waals surface area contributed by atoms with Crippen molar-refractivity contribution in [1.29, 1.82) is 0 Å². The molecule has 2 N–H and O–H groups in total. The molecule has 2 rings (SSSR count). The Morgan fingerprint density at radius 1 is 1.13 bits per heavy atom. The number of aryl methyl sites for hydroxylation is 1. The monoisotopic (exact) mass is 313 g/mol. The number of anilines is 1. The van der Waals surface area contributed by atoms with Crippen molar-refractivity contribution in [3.8, 4) is 11.5 Å². The number of amides is 1. The summed E-state index contributed by atoms with van der Waals surface area (Å²) in [5.74, 6) is 0.174. The number of carbonyl (C=O) groups excluding carboxylic acids is 1. The largest absolute Gasteiger partial charge is 0.507 e. The molecule has 1 amide bonds. The van der Waals surface area contributed by atoms with Gasteiger partial charge in [-0.25, -0.2) is 0 Å². The number of rotatable bonds is 3. The third-order valence-electron chi connectivity index (χ3n) is 3.71. The highest BCUT2D eigenvalue weighted by molar-refractivity contribution is 6.07. The molecule has 0 aromatic heterocycles. The van der Waals surface area contributed by atoms with Crippen LogP contribution in [-0.2, 0) is 5.41 Å². The van der Waals surface area contributed by atoms with E-state index in [2.05, 4.69) is 26.1 Å². The summed E-state index contributed by atoms with van der Waals surface area (Å²) >= 11 is 0. The van der Waals surface area contributed by atoms with E-state index in [0.29, 0.717) is 11.4 Å². The number of phenols is 1. The standard InChI is InChI=1S/C19H23NO3/c1-12-6-8-16(21)14(10-12)18(22)20-15-11-13(19(2,3)4)7-9-17(15)23-5/h6-11,21H,1-5H3,(H,20,22). The molecule has 23 heavy (non-hydrogen) atoms. The van der Waals surface area contributed by atoms with Crippen LogP contribution in [0.25, 0.3) is 0 Å². The number of hydrogen-bond donors (Lipinski definition) is 2. The van der Waals surface area contributed by atoms with Gasteiger partial charge in [-0.05, 0) is 42.2 Å². The SMILES string of the molecule is COc1ccc(C(C)(C)C)cc1NC(=O)c1cc(C)ccc1O. The van der Waals surface area contributed by atoms with Crippen LogP contribution in [0.2, 0.25) is 0 Å². The molecule has 0 spiro atoms. The lowest BCUT2D eigenvalue weighted by atomic mass is 9.87. The number of phenolic OH excluding ortho intramolecular Hbond substituents is 1. The summed E-state index contributed by atoms with van der Waals surface area (Å²) in [6, 6.07) is 10.7. The van der Waals surface area contributed by atoms with Crippen LogP contribution in [0.4, 0.5) is 5.69 Å². The Kier molecular flexibility index (Phi) is 4.64. The summed E-state index contributed by atoms with van der Waals surface area (Å²) in [7, 11) is 1.56. The molecular formula is C19H23NO3. The summed E-state index contributed by atoms with van der Waals surface area (Å²) in [5, 5.41) is 12.7. The Hall–Kier alpha value is -2.49. The summed E-state index contributed by atoms with van der Waals surface area (Å²) < 4.78 is 5.33. The second-order valence-electron chi connectivity index (χ2n) is 6.64. The van der Waals surface area contributed by atoms with Crippen LogP contribution in [-0.4, -0.2) is 18.1 Å². The van der Waals surface area contributed by atoms with E-state index in [1.807, 2.05) is 25.1 Å². The van der Waals surface area contributed by atoms with Crippen molar-refractivity contribution in [3.05, 3.63) is 53.1 Å². The van der Waals surface area contributed by atoms with Gasteiger partial charge in [0.1, 0.15) is 11.5 Å². The Balaban J connectivity index is 2.38. The lowest BCUT2D eigenvalue weighted by Gasteiger charge is -2.21. The molecule has 0 heterocycles. The van der Waals surface area contributed by atoms with E-state index < -0.39 is 0 Å². The Bertz CT molecular complexity index is 730. The molecule has 0 unspecified atom stereocenters. The molecule has 0 bridgehead atoms. The van der Waals surface area contributed by atoms with Gasteiger partial charge in [-0.3, -0.25) is 4.79 Å². The maximum Gasteiger partial charge on any atom is 0.259 e. The zero-order chi connectivity index (χ0) is 17.2. The first-order chi connectivity index (χ1) is 10.7. The number of carbonyl (C=O) groups is 1. The second-order valence-corrected chi connectivity index (χ2v) is 6.64. The average molecular weight is 313 g/mol. The molecule has 0 aliphatic rings. The summed E-state index contributed by atoms with van der Waals surface area (Å²) in [4.78, 5) is 12.5. The topological polar surface area (TPSA) is 58.6 Å². The van der Waals surface area contributed by atoms with E-state index in [1.54, 1.807) is 19.2 Å². The van der Waals surface area contributed by atoms with Crippen LogP contribution >= 0.6 is 0 Å². The van der Waals surface area contributed by atoms with Gasteiger partial charge in [0.25, 0.3) is 5.91 Å². The summed E-state index contributed by atoms with van der Waals surface area (Å²) in [5.41, 5.74) is 2.78. The predicted molar refractivity (Wildman–Crippen MR) is 92.5 cm³/mol. The van der Waals surface area contributed by atoms with Crippen molar-refractivity contribution in [1.82, 2.24) is 0 Å². The van der Waals surface area contributed by atoms with Gasteiger partial charge >= 0.3 is 0 Å². The van der Waals surface area contributed by atoms with Crippen LogP contribution in [0.5, 0.6) is 11.5 Å². The smallest absolute Gasteiger partial charge is 0.259 e. The zero-order valence-electron chi connectivity index (χ0n) is 14.2. The molecule has 4 heteroatoms. The minimum Gasteiger partial charge on any atom is -0.507 e. The van der Waals surface area contributed by atoms with Gasteiger partial charge in [0.05, 0.1) is 18.4 Å². The van der Waals surface area contributed by atoms with Crippen LogP contribution in [0, 0.1) is 6.92 Å². The Morgan fingerprint density at radius 3 is 2.43 bits per heavy atom. The number of aromatic hydroxyl groups is 1. The van der Waals surface area contributed by atoms with E-state index in [0.717, 1.165) is 11.1 Å². The third kappa shape index (κ3) is 3.83. The van der Waals surface area contributed by atoms with E-state index in [-0.39, 0.29) is 22.6 Å². The molecule has 0 aliphatic carbocycles. The zero-order valence-corrected chi connectivity index (χ0v) is 14.2. The second kappa shape index (κ2) is 6.32. The molecule has 0 saturated carbocycles. The number of hydrogen-bond acceptors (Lipinski definition) is 3. The first kappa shape index (κ1) is 16.9. The van der Waals surface area contributed by atoms with E-state index >= 15 is 0 Å². The van der Waals surface area contributed by atoms with Crippen molar-refractivity contribution in [2.24, 2.45) is 0 Å². The predicted octanol–water partition coefficient (Wildman–Crippen LogP) is 4.26. The maximum atomic E-state index is 12.5. The van der Waals surface area contributed by atoms with Crippen molar-refractivity contribution < 1.29 is 14.6 Å². The van der Waals surface area contributed by atoms with Gasteiger partial charge in [0.2, 0.25) is 0 Å². The molecule has 122 valence electrons. The lowest BCUT2D eigenvalue weighted by molar-refractivity contribution is 0.102. The van der Waals surface area contributed by atoms with Crippen molar-refractivity contribution in [2.75, 3.05) is 12.4 Å². The van der Waals surface area contributed by atoms with Gasteiger partial charge in [0.15, 0.2) is 0 Å². The quantitative estimate of drug-likeness (QED) is 0.890. The Morgan fingerprint density at radius 2 is 1.83 bits per heavy atom. The fourth-order valence-corrected chi connectivity index (χ4v) is 2.29. The number of benzene rings is 2. The Labute approximate surface area is 137 Å². The van der Waals surface area contributed by atoms with Gasteiger partial charge in [0, 0.05) is 0 Å². The summed E-state index contributed by atoms with van der Waals surface area (Å²) in [6.07, 6.45) is 0. The molecular weight excluding hydrogens is 290 g/mol. The molecule has 0 saturated heterocycles. The lowest BCUT2D eigenvalue weighted by Crippen LogP contribution is -2.15. The summed E-state index contributed by atoms with van der Waals surface area (Å²) in [6.45, 7) is 8.18. The highest BCUT2D eigenvalue weighted by Gasteiger charge is 2.18. The third-order valence-corrected chi connectivity index (χ3v) is 3.71. The molecule has 4 nitrogen and oxygen atoms in total. The van der Waals surface area contributed by atoms with Crippen LogP contribution in [0.1, 0.15) is 42.3 Å². The molecule has 2 aromatic rings. The van der Waals surface area contributed by atoms with Gasteiger partial charge in [-0.2, -0.15) is 0 Å². The number of nitrogens with one attached hydrogen (secondary N) is 1. The van der Waals surface area contributed by atoms with Crippen LogP contribution < -0.4 is 10.1 Å². The molecule has 2 aromatic carbocycles. The van der Waals surface area contributed by atoms with E-state index in [1.165, 1.54) is 6.07 Å². The minimum absolute atomic E-state index is 0.0426. The van der Waals surface area contributed by atoms with E-state index in [4.69, 9.17) is 4.74 Å². The molecule has 0 aliphatic heterocycles. The first-order valence-electron chi connectivity index (χ1n) is 7.52. The van der Waals surface area contributed by atoms with Crippen LogP contribution in [0.3, 0.4) is 0 Å². The van der Waals surface area contributed by atoms with Gasteiger partial charge < -0.3 is 15.2 Å². The average Bonchev–Trinajstić information content (AvgIpc) is 2.48. The highest BCUT2D eigenvalue weighted by atomic mass is 16.5. The van der Waals surface area contributed by atoms with Gasteiger partial charge in [-0.1, -0.05) is 38.5 Å².